The molecule has 2 amide bonds. The maximum Gasteiger partial charge on any atom is 0.251 e. The molecule has 2 fully saturated rings. The zero-order chi connectivity index (χ0) is 19.5. The van der Waals surface area contributed by atoms with Gasteiger partial charge in [0.15, 0.2) is 6.10 Å². The quantitative estimate of drug-likeness (QED) is 0.828. The number of carbonyl (C=O) groups excluding carboxylic acids is 2. The van der Waals surface area contributed by atoms with E-state index in [0.29, 0.717) is 13.0 Å². The van der Waals surface area contributed by atoms with Crippen LogP contribution in [0.25, 0.3) is 0 Å². The van der Waals surface area contributed by atoms with Crippen molar-refractivity contribution in [2.75, 3.05) is 13.2 Å². The summed E-state index contributed by atoms with van der Waals surface area (Å²) in [7, 11) is 0. The molecule has 1 aliphatic heterocycles. The van der Waals surface area contributed by atoms with Crippen LogP contribution in [-0.2, 0) is 20.7 Å². The van der Waals surface area contributed by atoms with Crippen LogP contribution in [0.1, 0.15) is 30.0 Å². The van der Waals surface area contributed by atoms with Gasteiger partial charge < -0.3 is 15.0 Å². The van der Waals surface area contributed by atoms with E-state index in [9.17, 15) is 14.0 Å². The molecule has 1 saturated heterocycles. The summed E-state index contributed by atoms with van der Waals surface area (Å²) in [6.07, 6.45) is 5.04. The first-order chi connectivity index (χ1) is 13.6. The normalized spacial score (nSPS) is 22.2. The first-order valence-electron chi connectivity index (χ1n) is 9.48. The lowest BCUT2D eigenvalue weighted by atomic mass is 9.98. The van der Waals surface area contributed by atoms with Gasteiger partial charge in [-0.25, -0.2) is 4.39 Å². The number of ether oxygens (including phenoxy) is 1. The predicted octanol–water partition coefficient (Wildman–Crippen LogP) is 2.01. The Labute approximate surface area is 162 Å². The molecule has 0 radical (unpaired) electrons. The molecule has 2 unspecified atom stereocenters. The van der Waals surface area contributed by atoms with E-state index in [-0.39, 0.29) is 30.3 Å². The van der Waals surface area contributed by atoms with Crippen LogP contribution in [0.4, 0.5) is 4.39 Å². The van der Waals surface area contributed by atoms with Gasteiger partial charge in [-0.1, -0.05) is 18.2 Å². The van der Waals surface area contributed by atoms with Gasteiger partial charge in [0.1, 0.15) is 12.4 Å². The summed E-state index contributed by atoms with van der Waals surface area (Å²) in [6, 6.07) is 9.55. The third-order valence-electron chi connectivity index (χ3n) is 5.11. The minimum Gasteiger partial charge on any atom is -0.356 e. The Kier molecular flexibility index (Phi) is 5.34. The number of pyridine rings is 1. The van der Waals surface area contributed by atoms with E-state index in [1.54, 1.807) is 35.5 Å². The molecule has 2 aromatic rings. The fourth-order valence-electron chi connectivity index (χ4n) is 3.60. The van der Waals surface area contributed by atoms with E-state index in [0.717, 1.165) is 24.0 Å². The summed E-state index contributed by atoms with van der Waals surface area (Å²) in [5.74, 6) is -0.631. The number of nitrogens with one attached hydrogen (secondary N) is 1. The monoisotopic (exact) mass is 383 g/mol. The second kappa shape index (κ2) is 8.06. The molecule has 2 heterocycles. The van der Waals surface area contributed by atoms with Gasteiger partial charge in [-0.2, -0.15) is 0 Å². The zero-order valence-electron chi connectivity index (χ0n) is 15.4. The standard InChI is InChI=1S/C21H22FN3O3/c22-16-5-3-14(4-6-16)9-11-24-21(27)20-19(15-2-1-10-23-12-15)25(17-7-8-17)18(26)13-28-20/h1-6,10,12,17,19-20H,7-9,11,13H2,(H,24,27). The van der Waals surface area contributed by atoms with Gasteiger partial charge in [-0.3, -0.25) is 14.6 Å². The Bertz CT molecular complexity index is 840. The highest BCUT2D eigenvalue weighted by Crippen LogP contribution is 2.39. The van der Waals surface area contributed by atoms with E-state index in [1.165, 1.54) is 12.1 Å². The average molecular weight is 383 g/mol. The second-order valence-electron chi connectivity index (χ2n) is 7.16. The molecule has 1 N–H and O–H groups in total. The fourth-order valence-corrected chi connectivity index (χ4v) is 3.60. The van der Waals surface area contributed by atoms with Crippen LogP contribution < -0.4 is 5.32 Å². The van der Waals surface area contributed by atoms with Gasteiger partial charge in [-0.15, -0.1) is 0 Å². The zero-order valence-corrected chi connectivity index (χ0v) is 15.4. The number of nitrogens with zero attached hydrogens (tertiary/aromatic N) is 2. The van der Waals surface area contributed by atoms with Crippen molar-refractivity contribution >= 4 is 11.8 Å². The number of hydrogen-bond acceptors (Lipinski definition) is 4. The summed E-state index contributed by atoms with van der Waals surface area (Å²) in [5, 5.41) is 2.89. The number of amides is 2. The Morgan fingerprint density at radius 1 is 1.25 bits per heavy atom. The van der Waals surface area contributed by atoms with Crippen LogP contribution in [-0.4, -0.2) is 47.0 Å². The molecule has 2 aliphatic rings. The van der Waals surface area contributed by atoms with Gasteiger partial charge in [0.2, 0.25) is 5.91 Å². The maximum atomic E-state index is 13.0. The fraction of sp³-hybridized carbons (Fsp3) is 0.381. The van der Waals surface area contributed by atoms with Crippen LogP contribution in [0.3, 0.4) is 0 Å². The minimum absolute atomic E-state index is 0.0910. The molecule has 28 heavy (non-hydrogen) atoms. The Hall–Kier alpha value is -2.80. The smallest absolute Gasteiger partial charge is 0.251 e. The molecule has 1 aromatic carbocycles. The lowest BCUT2D eigenvalue weighted by Gasteiger charge is -2.40. The first-order valence-corrected chi connectivity index (χ1v) is 9.48. The highest BCUT2D eigenvalue weighted by molar-refractivity contribution is 5.86. The van der Waals surface area contributed by atoms with E-state index in [2.05, 4.69) is 10.3 Å². The molecule has 4 rings (SSSR count). The summed E-state index contributed by atoms with van der Waals surface area (Å²) in [5.41, 5.74) is 1.73. The average Bonchev–Trinajstić information content (AvgIpc) is 3.55. The van der Waals surface area contributed by atoms with E-state index < -0.39 is 12.1 Å². The second-order valence-corrected chi connectivity index (χ2v) is 7.16. The Morgan fingerprint density at radius 3 is 2.71 bits per heavy atom. The van der Waals surface area contributed by atoms with Crippen LogP contribution in [0.2, 0.25) is 0 Å². The molecule has 0 bridgehead atoms. The highest BCUT2D eigenvalue weighted by Gasteiger charge is 2.47. The Morgan fingerprint density at radius 2 is 2.04 bits per heavy atom. The van der Waals surface area contributed by atoms with Crippen molar-refractivity contribution < 1.29 is 18.7 Å². The molecule has 6 nitrogen and oxygen atoms in total. The number of morpholine rings is 1. The van der Waals surface area contributed by atoms with Crippen LogP contribution in [0, 0.1) is 5.82 Å². The maximum absolute atomic E-state index is 13.0. The van der Waals surface area contributed by atoms with Crippen molar-refractivity contribution in [3.8, 4) is 0 Å². The first kappa shape index (κ1) is 18.6. The van der Waals surface area contributed by atoms with Crippen molar-refractivity contribution in [1.82, 2.24) is 15.2 Å². The summed E-state index contributed by atoms with van der Waals surface area (Å²) in [6.45, 7) is 0.310. The summed E-state index contributed by atoms with van der Waals surface area (Å²) < 4.78 is 18.7. The third kappa shape index (κ3) is 4.04. The van der Waals surface area contributed by atoms with Crippen LogP contribution in [0.15, 0.2) is 48.8 Å². The van der Waals surface area contributed by atoms with Crippen LogP contribution >= 0.6 is 0 Å². The van der Waals surface area contributed by atoms with Gasteiger partial charge in [-0.05, 0) is 48.6 Å². The van der Waals surface area contributed by atoms with Gasteiger partial charge in [0.25, 0.3) is 5.91 Å². The summed E-state index contributed by atoms with van der Waals surface area (Å²) >= 11 is 0. The highest BCUT2D eigenvalue weighted by atomic mass is 19.1. The van der Waals surface area contributed by atoms with Gasteiger partial charge in [0, 0.05) is 25.0 Å². The van der Waals surface area contributed by atoms with E-state index in [1.807, 2.05) is 6.07 Å². The molecule has 1 aliphatic carbocycles. The van der Waals surface area contributed by atoms with E-state index >= 15 is 0 Å². The molecule has 0 spiro atoms. The number of hydrogen-bond donors (Lipinski definition) is 1. The lowest BCUT2D eigenvalue weighted by Crippen LogP contribution is -2.55. The third-order valence-corrected chi connectivity index (χ3v) is 5.11. The summed E-state index contributed by atoms with van der Waals surface area (Å²) in [4.78, 5) is 31.3. The van der Waals surface area contributed by atoms with Crippen molar-refractivity contribution in [3.05, 3.63) is 65.7 Å². The van der Waals surface area contributed by atoms with Crippen molar-refractivity contribution in [2.45, 2.75) is 37.5 Å². The Balaban J connectivity index is 1.46. The van der Waals surface area contributed by atoms with Crippen molar-refractivity contribution in [2.24, 2.45) is 0 Å². The predicted molar refractivity (Wildman–Crippen MR) is 99.7 cm³/mol. The van der Waals surface area contributed by atoms with Crippen molar-refractivity contribution in [3.63, 3.8) is 0 Å². The number of rotatable bonds is 6. The molecule has 146 valence electrons. The SMILES string of the molecule is O=C(NCCc1ccc(F)cc1)C1OCC(=O)N(C2CC2)C1c1cccnc1. The molecular formula is C21H22FN3O3. The number of aromatic nitrogens is 1. The lowest BCUT2D eigenvalue weighted by molar-refractivity contribution is -0.165. The molecule has 2 atom stereocenters. The number of halogens is 1. The molecule has 7 heteroatoms. The van der Waals surface area contributed by atoms with Crippen molar-refractivity contribution in [1.29, 1.82) is 0 Å². The van der Waals surface area contributed by atoms with E-state index in [4.69, 9.17) is 4.74 Å². The van der Waals surface area contributed by atoms with Crippen LogP contribution in [0.5, 0.6) is 0 Å². The molecular weight excluding hydrogens is 361 g/mol. The minimum atomic E-state index is -0.782. The van der Waals surface area contributed by atoms with Gasteiger partial charge in [0.05, 0.1) is 6.04 Å². The number of benzene rings is 1. The number of carbonyl (C=O) groups is 2. The van der Waals surface area contributed by atoms with Gasteiger partial charge >= 0.3 is 0 Å². The molecule has 1 aromatic heterocycles. The molecule has 1 saturated carbocycles. The topological polar surface area (TPSA) is 71.5 Å². The largest absolute Gasteiger partial charge is 0.356 e.